The number of hydrogen-bond donors (Lipinski definition) is 1. The Morgan fingerprint density at radius 1 is 1.26 bits per heavy atom. The van der Waals surface area contributed by atoms with E-state index in [9.17, 15) is 0 Å². The quantitative estimate of drug-likeness (QED) is 0.730. The summed E-state index contributed by atoms with van der Waals surface area (Å²) >= 11 is 6.57. The van der Waals surface area contributed by atoms with Gasteiger partial charge in [-0.2, -0.15) is 0 Å². The van der Waals surface area contributed by atoms with Gasteiger partial charge >= 0.3 is 0 Å². The first-order valence-corrected chi connectivity index (χ1v) is 9.19. The molecule has 0 spiro atoms. The normalized spacial score (nSPS) is 37.8. The van der Waals surface area contributed by atoms with E-state index in [4.69, 9.17) is 11.6 Å². The fourth-order valence-electron chi connectivity index (χ4n) is 5.07. The Morgan fingerprint density at radius 3 is 3.09 bits per heavy atom. The molecule has 0 bridgehead atoms. The molecule has 4 heteroatoms. The molecule has 0 aromatic heterocycles. The minimum absolute atomic E-state index is 0.378. The number of nitrogens with zero attached hydrogens (tertiary/aromatic N) is 2. The van der Waals surface area contributed by atoms with Gasteiger partial charge in [-0.05, 0) is 37.7 Å². The van der Waals surface area contributed by atoms with Crippen molar-refractivity contribution in [3.8, 4) is 0 Å². The van der Waals surface area contributed by atoms with E-state index in [1.165, 1.54) is 35.5 Å². The van der Waals surface area contributed by atoms with Gasteiger partial charge in [0.2, 0.25) is 0 Å². The fourth-order valence-corrected chi connectivity index (χ4v) is 5.36. The van der Waals surface area contributed by atoms with Crippen LogP contribution in [0, 0.1) is 17.8 Å². The standard InChI is InChI=1S/C19H22ClN3/c1-11-5-6-12-13-9-21-8-7-17(13)23-16-4-2-3-15(20)14(16)10-22-18(11)19(12)23/h3,7-8,10-13,16,22H,2,4-6,9H2,1H3/t11?,12-,13-,16?/m1/s1. The van der Waals surface area contributed by atoms with Gasteiger partial charge in [0.15, 0.2) is 0 Å². The van der Waals surface area contributed by atoms with Crippen LogP contribution in [0.15, 0.2) is 51.0 Å². The zero-order valence-corrected chi connectivity index (χ0v) is 14.2. The van der Waals surface area contributed by atoms with Gasteiger partial charge in [0.25, 0.3) is 0 Å². The largest absolute Gasteiger partial charge is 0.363 e. The zero-order chi connectivity index (χ0) is 15.6. The molecule has 0 radical (unpaired) electrons. The van der Waals surface area contributed by atoms with Gasteiger partial charge in [0.05, 0.1) is 6.04 Å². The summed E-state index contributed by atoms with van der Waals surface area (Å²) in [6.07, 6.45) is 13.3. The van der Waals surface area contributed by atoms with Crippen LogP contribution >= 0.6 is 11.6 Å². The minimum Gasteiger partial charge on any atom is -0.363 e. The summed E-state index contributed by atoms with van der Waals surface area (Å²) in [4.78, 5) is 7.19. The number of nitrogens with one attached hydrogen (secondary N) is 1. The van der Waals surface area contributed by atoms with Crippen LogP contribution in [-0.2, 0) is 0 Å². The Hall–Kier alpha value is -1.48. The molecular formula is C19H22ClN3. The van der Waals surface area contributed by atoms with E-state index in [2.05, 4.69) is 40.5 Å². The van der Waals surface area contributed by atoms with E-state index < -0.39 is 0 Å². The van der Waals surface area contributed by atoms with Crippen LogP contribution in [0.5, 0.6) is 0 Å². The molecular weight excluding hydrogens is 306 g/mol. The first-order chi connectivity index (χ1) is 11.3. The average molecular weight is 328 g/mol. The lowest BCUT2D eigenvalue weighted by Crippen LogP contribution is -2.35. The molecule has 0 amide bonds. The van der Waals surface area contributed by atoms with Crippen molar-refractivity contribution in [1.82, 2.24) is 10.2 Å². The molecule has 3 aliphatic heterocycles. The Bertz CT molecular complexity index is 712. The molecule has 1 fully saturated rings. The number of fused-ring (bicyclic) bond motifs is 5. The average Bonchev–Trinajstić information content (AvgIpc) is 2.77. The highest BCUT2D eigenvalue weighted by Gasteiger charge is 2.49. The second-order valence-electron chi connectivity index (χ2n) is 7.36. The van der Waals surface area contributed by atoms with Crippen LogP contribution < -0.4 is 5.32 Å². The van der Waals surface area contributed by atoms with Crippen molar-refractivity contribution in [3.05, 3.63) is 46.0 Å². The highest BCUT2D eigenvalue weighted by molar-refractivity contribution is 6.32. The second-order valence-corrected chi connectivity index (χ2v) is 7.76. The predicted molar refractivity (Wildman–Crippen MR) is 93.9 cm³/mol. The molecule has 5 rings (SSSR count). The summed E-state index contributed by atoms with van der Waals surface area (Å²) in [5, 5.41) is 4.58. The van der Waals surface area contributed by atoms with Crippen molar-refractivity contribution < 1.29 is 0 Å². The van der Waals surface area contributed by atoms with Crippen molar-refractivity contribution in [2.75, 3.05) is 6.54 Å². The van der Waals surface area contributed by atoms with Crippen molar-refractivity contribution in [2.45, 2.75) is 38.6 Å². The zero-order valence-electron chi connectivity index (χ0n) is 13.4. The summed E-state index contributed by atoms with van der Waals surface area (Å²) in [5.41, 5.74) is 5.68. The smallest absolute Gasteiger partial charge is 0.0618 e. The fraction of sp³-hybridized carbons (Fsp3) is 0.526. The summed E-state index contributed by atoms with van der Waals surface area (Å²) in [6.45, 7) is 3.29. The maximum absolute atomic E-state index is 6.57. The molecule has 1 N–H and O–H groups in total. The van der Waals surface area contributed by atoms with Crippen LogP contribution in [0.25, 0.3) is 0 Å². The Kier molecular flexibility index (Phi) is 3.03. The van der Waals surface area contributed by atoms with E-state index in [1.807, 2.05) is 6.21 Å². The van der Waals surface area contributed by atoms with E-state index in [0.29, 0.717) is 23.8 Å². The van der Waals surface area contributed by atoms with Crippen molar-refractivity contribution in [1.29, 1.82) is 0 Å². The molecule has 0 aromatic rings. The summed E-state index contributed by atoms with van der Waals surface area (Å²) in [7, 11) is 0. The van der Waals surface area contributed by atoms with Gasteiger partial charge in [0, 0.05) is 58.5 Å². The maximum Gasteiger partial charge on any atom is 0.0618 e. The third kappa shape index (κ3) is 1.86. The van der Waals surface area contributed by atoms with Gasteiger partial charge < -0.3 is 10.2 Å². The lowest BCUT2D eigenvalue weighted by molar-refractivity contribution is 0.320. The van der Waals surface area contributed by atoms with Crippen molar-refractivity contribution >= 4 is 17.8 Å². The molecule has 0 aromatic carbocycles. The third-order valence-electron chi connectivity index (χ3n) is 6.18. The number of aliphatic imine (C=N–C) groups is 1. The predicted octanol–water partition coefficient (Wildman–Crippen LogP) is 3.92. The van der Waals surface area contributed by atoms with E-state index in [0.717, 1.165) is 24.4 Å². The van der Waals surface area contributed by atoms with Gasteiger partial charge in [0.1, 0.15) is 0 Å². The molecule has 5 aliphatic rings. The maximum atomic E-state index is 6.57. The molecule has 23 heavy (non-hydrogen) atoms. The third-order valence-corrected chi connectivity index (χ3v) is 6.55. The molecule has 0 saturated carbocycles. The highest BCUT2D eigenvalue weighted by atomic mass is 35.5. The van der Waals surface area contributed by atoms with Gasteiger partial charge in [-0.15, -0.1) is 0 Å². The van der Waals surface area contributed by atoms with Crippen LogP contribution in [0.4, 0.5) is 0 Å². The van der Waals surface area contributed by atoms with Crippen molar-refractivity contribution in [2.24, 2.45) is 22.7 Å². The van der Waals surface area contributed by atoms with Gasteiger partial charge in [-0.1, -0.05) is 24.6 Å². The summed E-state index contributed by atoms with van der Waals surface area (Å²) < 4.78 is 0. The monoisotopic (exact) mass is 327 g/mol. The van der Waals surface area contributed by atoms with E-state index in [1.54, 1.807) is 0 Å². The van der Waals surface area contributed by atoms with Crippen LogP contribution in [0.2, 0.25) is 0 Å². The van der Waals surface area contributed by atoms with Crippen LogP contribution in [0.3, 0.4) is 0 Å². The van der Waals surface area contributed by atoms with Gasteiger partial charge in [-0.25, -0.2) is 0 Å². The highest BCUT2D eigenvalue weighted by Crippen LogP contribution is 2.53. The Balaban J connectivity index is 1.71. The summed E-state index contributed by atoms with van der Waals surface area (Å²) in [6, 6.07) is 0.378. The molecule has 2 aliphatic carbocycles. The molecule has 1 saturated heterocycles. The first-order valence-electron chi connectivity index (χ1n) is 8.81. The molecule has 4 atom stereocenters. The lowest BCUT2D eigenvalue weighted by atomic mass is 9.79. The van der Waals surface area contributed by atoms with Crippen LogP contribution in [0.1, 0.15) is 32.6 Å². The molecule has 2 unspecified atom stereocenters. The number of dihydropyridines is 1. The Morgan fingerprint density at radius 2 is 2.17 bits per heavy atom. The number of allylic oxidation sites excluding steroid dienone is 4. The van der Waals surface area contributed by atoms with Gasteiger partial charge in [-0.3, -0.25) is 4.99 Å². The lowest BCUT2D eigenvalue weighted by Gasteiger charge is -2.37. The van der Waals surface area contributed by atoms with E-state index in [-0.39, 0.29) is 0 Å². The number of rotatable bonds is 0. The minimum atomic E-state index is 0.378. The molecule has 3 nitrogen and oxygen atoms in total. The van der Waals surface area contributed by atoms with Crippen molar-refractivity contribution in [3.63, 3.8) is 0 Å². The van der Waals surface area contributed by atoms with E-state index >= 15 is 0 Å². The first kappa shape index (κ1) is 13.9. The number of halogens is 1. The SMILES string of the molecule is CC1CC[C@H]2C3=C1NC=C1C(Cl)=CCCC1N3C1=CC=NC[C@@H]12. The topological polar surface area (TPSA) is 27.6 Å². The Labute approximate surface area is 142 Å². The number of hydrogen-bond acceptors (Lipinski definition) is 3. The second kappa shape index (κ2) is 5.01. The molecule has 3 heterocycles. The van der Waals surface area contributed by atoms with Crippen LogP contribution in [-0.4, -0.2) is 23.7 Å². The summed E-state index contributed by atoms with van der Waals surface area (Å²) in [5.74, 6) is 1.77. The molecule has 120 valence electrons.